The van der Waals surface area contributed by atoms with E-state index in [2.05, 4.69) is 35.9 Å². The summed E-state index contributed by atoms with van der Waals surface area (Å²) in [6, 6.07) is -5.09. The van der Waals surface area contributed by atoms with Crippen LogP contribution in [0.4, 0.5) is 0 Å². The standard InChI is InChI=1S/C22H40N12O6/c1-11(35)16(34-17(36)13(23)8-12-9-28-10-31-12)19(38)32-14(4-2-6-29-21(24)25)18(37)33-15(20(39)40)5-3-7-30-22(26)27/h9-11,13-16,35H,2-8,23H2,1H3,(H,28,31)(H,32,38)(H,33,37)(H,34,36)(H,39,40)(H4,24,25,29)(H4,26,27,30). The van der Waals surface area contributed by atoms with E-state index in [1.807, 2.05) is 0 Å². The van der Waals surface area contributed by atoms with Crippen LogP contribution in [0.3, 0.4) is 0 Å². The van der Waals surface area contributed by atoms with Crippen molar-refractivity contribution in [2.45, 2.75) is 69.3 Å². The summed E-state index contributed by atoms with van der Waals surface area (Å²) in [5.41, 5.74) is 27.6. The smallest absolute Gasteiger partial charge is 0.326 e. The second-order valence-corrected chi connectivity index (χ2v) is 8.97. The second-order valence-electron chi connectivity index (χ2n) is 8.97. The highest BCUT2D eigenvalue weighted by molar-refractivity contribution is 5.94. The third-order valence-corrected chi connectivity index (χ3v) is 5.53. The normalized spacial score (nSPS) is 14.5. The molecule has 0 saturated heterocycles. The van der Waals surface area contributed by atoms with E-state index in [-0.39, 0.29) is 57.1 Å². The molecule has 40 heavy (non-hydrogen) atoms. The summed E-state index contributed by atoms with van der Waals surface area (Å²) >= 11 is 0. The Morgan fingerprint density at radius 2 is 1.48 bits per heavy atom. The van der Waals surface area contributed by atoms with Gasteiger partial charge in [-0.25, -0.2) is 9.78 Å². The van der Waals surface area contributed by atoms with E-state index >= 15 is 0 Å². The van der Waals surface area contributed by atoms with Gasteiger partial charge < -0.3 is 59.8 Å². The monoisotopic (exact) mass is 568 g/mol. The first-order valence-corrected chi connectivity index (χ1v) is 12.5. The summed E-state index contributed by atoms with van der Waals surface area (Å²) in [6.45, 7) is 1.55. The Morgan fingerprint density at radius 3 is 1.95 bits per heavy atom. The number of hydrogen-bond donors (Lipinski definition) is 11. The molecule has 0 fully saturated rings. The lowest BCUT2D eigenvalue weighted by Gasteiger charge is -2.26. The number of aliphatic imine (C=N–C) groups is 2. The average molecular weight is 569 g/mol. The van der Waals surface area contributed by atoms with Gasteiger partial charge in [-0.2, -0.15) is 0 Å². The van der Waals surface area contributed by atoms with Gasteiger partial charge in [-0.15, -0.1) is 0 Å². The molecule has 18 nitrogen and oxygen atoms in total. The van der Waals surface area contributed by atoms with E-state index in [0.29, 0.717) is 5.69 Å². The van der Waals surface area contributed by atoms with Gasteiger partial charge in [-0.3, -0.25) is 24.4 Å². The van der Waals surface area contributed by atoms with Gasteiger partial charge in [0.05, 0.1) is 18.5 Å². The Balaban J connectivity index is 2.96. The summed E-state index contributed by atoms with van der Waals surface area (Å²) in [6.07, 6.45) is 2.14. The molecule has 3 amide bonds. The molecule has 1 aromatic heterocycles. The van der Waals surface area contributed by atoms with E-state index in [9.17, 15) is 29.4 Å². The topological polar surface area (TPSA) is 328 Å². The Bertz CT molecular complexity index is 1020. The molecule has 0 aliphatic heterocycles. The summed E-state index contributed by atoms with van der Waals surface area (Å²) in [4.78, 5) is 64.7. The first-order valence-electron chi connectivity index (χ1n) is 12.5. The number of aliphatic hydroxyl groups excluding tert-OH is 1. The predicted octanol–water partition coefficient (Wildman–Crippen LogP) is -4.69. The van der Waals surface area contributed by atoms with Crippen LogP contribution >= 0.6 is 0 Å². The number of aliphatic carboxylic acids is 1. The summed E-state index contributed by atoms with van der Waals surface area (Å²) in [5, 5.41) is 27.0. The number of nitrogens with zero attached hydrogens (tertiary/aromatic N) is 3. The third-order valence-electron chi connectivity index (χ3n) is 5.53. The SMILES string of the molecule is CC(O)C(NC(=O)C(N)Cc1cnc[nH]1)C(=O)NC(CCCN=C(N)N)C(=O)NC(CCCN=C(N)N)C(=O)O. The van der Waals surface area contributed by atoms with Crippen molar-refractivity contribution in [3.05, 3.63) is 18.2 Å². The Morgan fingerprint density at radius 1 is 0.925 bits per heavy atom. The molecule has 224 valence electrons. The van der Waals surface area contributed by atoms with Crippen LogP contribution in [-0.4, -0.2) is 99.2 Å². The van der Waals surface area contributed by atoms with Crippen LogP contribution in [0, 0.1) is 0 Å². The van der Waals surface area contributed by atoms with Gasteiger partial charge in [-0.05, 0) is 32.6 Å². The molecule has 0 saturated carbocycles. The number of nitrogens with one attached hydrogen (secondary N) is 4. The molecule has 0 spiro atoms. The number of guanidine groups is 2. The molecule has 0 radical (unpaired) electrons. The van der Waals surface area contributed by atoms with Crippen LogP contribution in [0.25, 0.3) is 0 Å². The summed E-state index contributed by atoms with van der Waals surface area (Å²) in [7, 11) is 0. The number of rotatable bonds is 18. The van der Waals surface area contributed by atoms with Gasteiger partial charge >= 0.3 is 5.97 Å². The Kier molecular flexibility index (Phi) is 14.4. The van der Waals surface area contributed by atoms with E-state index in [1.54, 1.807) is 0 Å². The second kappa shape index (κ2) is 17.2. The first-order chi connectivity index (χ1) is 18.8. The highest BCUT2D eigenvalue weighted by Crippen LogP contribution is 2.06. The number of carboxylic acid groups (broad SMARTS) is 1. The van der Waals surface area contributed by atoms with Crippen LogP contribution in [0.1, 0.15) is 38.3 Å². The Labute approximate surface area is 230 Å². The first kappa shape index (κ1) is 33.6. The molecule has 0 aromatic carbocycles. The average Bonchev–Trinajstić information content (AvgIpc) is 3.38. The number of aromatic nitrogens is 2. The molecule has 1 aromatic rings. The zero-order valence-electron chi connectivity index (χ0n) is 22.2. The van der Waals surface area contributed by atoms with Crippen molar-refractivity contribution in [3.8, 4) is 0 Å². The number of aromatic amines is 1. The largest absolute Gasteiger partial charge is 0.480 e. The minimum absolute atomic E-state index is 0.00704. The van der Waals surface area contributed by atoms with E-state index < -0.39 is 54.0 Å². The lowest BCUT2D eigenvalue weighted by molar-refractivity contribution is -0.142. The fourth-order valence-corrected chi connectivity index (χ4v) is 3.46. The number of carbonyl (C=O) groups excluding carboxylic acids is 3. The maximum Gasteiger partial charge on any atom is 0.326 e. The number of carbonyl (C=O) groups is 4. The molecular formula is C22H40N12O6. The summed E-state index contributed by atoms with van der Waals surface area (Å²) in [5.74, 6) is -4.04. The highest BCUT2D eigenvalue weighted by atomic mass is 16.4. The van der Waals surface area contributed by atoms with Crippen LogP contribution in [0.5, 0.6) is 0 Å². The molecule has 18 heteroatoms. The summed E-state index contributed by atoms with van der Waals surface area (Å²) < 4.78 is 0. The zero-order chi connectivity index (χ0) is 30.2. The van der Waals surface area contributed by atoms with Crippen molar-refractivity contribution in [2.75, 3.05) is 13.1 Å². The number of carboxylic acids is 1. The molecule has 0 aliphatic carbocycles. The minimum atomic E-state index is -1.47. The van der Waals surface area contributed by atoms with Gasteiger partial charge in [0.25, 0.3) is 0 Å². The Hall–Kier alpha value is -4.45. The molecule has 0 aliphatic rings. The quantitative estimate of drug-likeness (QED) is 0.0452. The van der Waals surface area contributed by atoms with Crippen molar-refractivity contribution < 1.29 is 29.4 Å². The lowest BCUT2D eigenvalue weighted by Crippen LogP contribution is -2.60. The fraction of sp³-hybridized carbons (Fsp3) is 0.591. The maximum absolute atomic E-state index is 13.1. The molecule has 5 atom stereocenters. The van der Waals surface area contributed by atoms with Crippen molar-refractivity contribution >= 4 is 35.6 Å². The molecular weight excluding hydrogens is 528 g/mol. The predicted molar refractivity (Wildman–Crippen MR) is 145 cm³/mol. The van der Waals surface area contributed by atoms with Gasteiger partial charge in [0.2, 0.25) is 17.7 Å². The minimum Gasteiger partial charge on any atom is -0.480 e. The number of H-pyrrole nitrogens is 1. The van der Waals surface area contributed by atoms with Gasteiger partial charge in [-0.1, -0.05) is 0 Å². The van der Waals surface area contributed by atoms with Crippen molar-refractivity contribution in [1.29, 1.82) is 0 Å². The van der Waals surface area contributed by atoms with E-state index in [1.165, 1.54) is 19.4 Å². The highest BCUT2D eigenvalue weighted by Gasteiger charge is 2.32. The van der Waals surface area contributed by atoms with Crippen LogP contribution in [0.15, 0.2) is 22.5 Å². The van der Waals surface area contributed by atoms with Crippen LogP contribution in [0.2, 0.25) is 0 Å². The molecule has 1 rings (SSSR count). The third kappa shape index (κ3) is 12.9. The fourth-order valence-electron chi connectivity index (χ4n) is 3.46. The molecule has 5 unspecified atom stereocenters. The maximum atomic E-state index is 13.1. The van der Waals surface area contributed by atoms with Crippen molar-refractivity contribution in [3.63, 3.8) is 0 Å². The number of imidazole rings is 1. The van der Waals surface area contributed by atoms with Crippen LogP contribution in [-0.2, 0) is 25.6 Å². The van der Waals surface area contributed by atoms with Crippen molar-refractivity contribution in [1.82, 2.24) is 25.9 Å². The van der Waals surface area contributed by atoms with E-state index in [0.717, 1.165) is 0 Å². The van der Waals surface area contributed by atoms with Gasteiger partial charge in [0.15, 0.2) is 11.9 Å². The van der Waals surface area contributed by atoms with Crippen LogP contribution < -0.4 is 44.6 Å². The van der Waals surface area contributed by atoms with Gasteiger partial charge in [0.1, 0.15) is 18.1 Å². The number of nitrogens with two attached hydrogens (primary N) is 5. The van der Waals surface area contributed by atoms with Crippen molar-refractivity contribution in [2.24, 2.45) is 38.7 Å². The molecule has 16 N–H and O–H groups in total. The number of aliphatic hydroxyl groups is 1. The molecule has 0 bridgehead atoms. The number of hydrogen-bond acceptors (Lipinski definition) is 9. The number of amides is 3. The van der Waals surface area contributed by atoms with Gasteiger partial charge in [0, 0.05) is 31.4 Å². The zero-order valence-corrected chi connectivity index (χ0v) is 22.2. The van der Waals surface area contributed by atoms with E-state index in [4.69, 9.17) is 28.7 Å². The lowest BCUT2D eigenvalue weighted by atomic mass is 10.1. The molecule has 1 heterocycles.